The summed E-state index contributed by atoms with van der Waals surface area (Å²) in [7, 11) is 0. The van der Waals surface area contributed by atoms with Gasteiger partial charge in [-0.15, -0.1) is 0 Å². The topological polar surface area (TPSA) is 34.1 Å². The van der Waals surface area contributed by atoms with Gasteiger partial charge in [0.2, 0.25) is 0 Å². The van der Waals surface area contributed by atoms with Crippen molar-refractivity contribution in [3.05, 3.63) is 11.1 Å². The van der Waals surface area contributed by atoms with Gasteiger partial charge < -0.3 is 0 Å². The molecule has 0 fully saturated rings. The maximum absolute atomic E-state index is 12.7. The Kier molecular flexibility index (Phi) is 4.15. The molecule has 1 aliphatic carbocycles. The lowest BCUT2D eigenvalue weighted by molar-refractivity contribution is -0.132. The normalized spacial score (nSPS) is 26.7. The number of ketones is 2. The Balaban J connectivity index is 3.56. The van der Waals surface area contributed by atoms with Crippen LogP contribution in [0.15, 0.2) is 11.1 Å². The summed E-state index contributed by atoms with van der Waals surface area (Å²) in [4.78, 5) is 25.0. The van der Waals surface area contributed by atoms with Crippen LogP contribution in [0.1, 0.15) is 61.8 Å². The summed E-state index contributed by atoms with van der Waals surface area (Å²) in [5.41, 5.74) is 1.76. The van der Waals surface area contributed by atoms with Crippen LogP contribution in [0.5, 0.6) is 0 Å². The number of Topliss-reactive ketones (excluding diaryl/α,β-unsaturated/α-hetero) is 2. The van der Waals surface area contributed by atoms with Crippen molar-refractivity contribution in [2.75, 3.05) is 0 Å². The van der Waals surface area contributed by atoms with Crippen LogP contribution in [-0.2, 0) is 9.59 Å². The van der Waals surface area contributed by atoms with Crippen molar-refractivity contribution in [3.8, 4) is 0 Å². The van der Waals surface area contributed by atoms with Gasteiger partial charge in [0.15, 0.2) is 5.78 Å². The lowest BCUT2D eigenvalue weighted by Gasteiger charge is -2.32. The molecule has 0 spiro atoms. The third-order valence-corrected chi connectivity index (χ3v) is 4.02. The lowest BCUT2D eigenvalue weighted by Crippen LogP contribution is -2.29. The Labute approximate surface area is 117 Å². The zero-order valence-corrected chi connectivity index (χ0v) is 13.7. The Bertz CT molecular complexity index is 427. The van der Waals surface area contributed by atoms with Crippen molar-refractivity contribution in [3.63, 3.8) is 0 Å². The monoisotopic (exact) mass is 264 g/mol. The minimum atomic E-state index is -0.496. The molecule has 0 radical (unpaired) electrons. The molecule has 108 valence electrons. The first-order valence-corrected chi connectivity index (χ1v) is 7.19. The fraction of sp³-hybridized carbons (Fsp3) is 0.765. The SMILES string of the molecule is CC1CC(C(C)(C)C)=C(C(C)(C)C)C(=O)C(C)C1=O. The smallest absolute Gasteiger partial charge is 0.169 e. The molecule has 19 heavy (non-hydrogen) atoms. The van der Waals surface area contributed by atoms with E-state index < -0.39 is 5.92 Å². The molecular formula is C17H28O2. The van der Waals surface area contributed by atoms with E-state index in [1.54, 1.807) is 6.92 Å². The molecule has 1 aliphatic rings. The van der Waals surface area contributed by atoms with Crippen molar-refractivity contribution in [2.45, 2.75) is 61.8 Å². The van der Waals surface area contributed by atoms with Gasteiger partial charge >= 0.3 is 0 Å². The van der Waals surface area contributed by atoms with Crippen LogP contribution in [0.3, 0.4) is 0 Å². The number of hydrogen-bond donors (Lipinski definition) is 0. The van der Waals surface area contributed by atoms with E-state index in [4.69, 9.17) is 0 Å². The van der Waals surface area contributed by atoms with E-state index >= 15 is 0 Å². The Morgan fingerprint density at radius 2 is 1.37 bits per heavy atom. The molecule has 2 unspecified atom stereocenters. The summed E-state index contributed by atoms with van der Waals surface area (Å²) >= 11 is 0. The van der Waals surface area contributed by atoms with Gasteiger partial charge in [0.25, 0.3) is 0 Å². The van der Waals surface area contributed by atoms with Gasteiger partial charge in [-0.1, -0.05) is 54.0 Å². The molecule has 0 aliphatic heterocycles. The second-order valence-electron chi connectivity index (χ2n) is 7.95. The van der Waals surface area contributed by atoms with Gasteiger partial charge in [0.05, 0.1) is 5.92 Å². The molecule has 2 heteroatoms. The average Bonchev–Trinajstić information content (AvgIpc) is 2.29. The molecule has 0 amide bonds. The number of rotatable bonds is 0. The quantitative estimate of drug-likeness (QED) is 0.615. The van der Waals surface area contributed by atoms with Gasteiger partial charge in [-0.2, -0.15) is 0 Å². The van der Waals surface area contributed by atoms with Crippen molar-refractivity contribution < 1.29 is 9.59 Å². The minimum absolute atomic E-state index is 0.0341. The summed E-state index contributed by atoms with van der Waals surface area (Å²) in [6.07, 6.45) is 0.713. The molecule has 2 nitrogen and oxygen atoms in total. The number of carbonyl (C=O) groups excluding carboxylic acids is 2. The van der Waals surface area contributed by atoms with E-state index in [2.05, 4.69) is 41.5 Å². The zero-order valence-electron chi connectivity index (χ0n) is 13.7. The second kappa shape index (κ2) is 4.88. The van der Waals surface area contributed by atoms with Gasteiger partial charge in [-0.05, 0) is 24.2 Å². The predicted octanol–water partition coefficient (Wildman–Crippen LogP) is 4.19. The highest BCUT2D eigenvalue weighted by atomic mass is 16.2. The second-order valence-corrected chi connectivity index (χ2v) is 7.95. The van der Waals surface area contributed by atoms with Crippen LogP contribution in [0.25, 0.3) is 0 Å². The number of carbonyl (C=O) groups is 2. The third kappa shape index (κ3) is 3.16. The van der Waals surface area contributed by atoms with Crippen LogP contribution in [0, 0.1) is 22.7 Å². The fourth-order valence-corrected chi connectivity index (χ4v) is 2.93. The van der Waals surface area contributed by atoms with Crippen molar-refractivity contribution in [1.29, 1.82) is 0 Å². The van der Waals surface area contributed by atoms with E-state index in [9.17, 15) is 9.59 Å². The maximum Gasteiger partial charge on any atom is 0.169 e. The van der Waals surface area contributed by atoms with Crippen molar-refractivity contribution in [1.82, 2.24) is 0 Å². The highest BCUT2D eigenvalue weighted by Crippen LogP contribution is 2.43. The molecular weight excluding hydrogens is 236 g/mol. The number of hydrogen-bond acceptors (Lipinski definition) is 2. The van der Waals surface area contributed by atoms with Crippen LogP contribution >= 0.6 is 0 Å². The predicted molar refractivity (Wildman–Crippen MR) is 78.9 cm³/mol. The average molecular weight is 264 g/mol. The van der Waals surface area contributed by atoms with Crippen LogP contribution < -0.4 is 0 Å². The summed E-state index contributed by atoms with van der Waals surface area (Å²) in [5.74, 6) is -0.435. The van der Waals surface area contributed by atoms with Crippen molar-refractivity contribution in [2.24, 2.45) is 22.7 Å². The molecule has 0 bridgehead atoms. The van der Waals surface area contributed by atoms with Crippen molar-refractivity contribution >= 4 is 11.6 Å². The van der Waals surface area contributed by atoms with Crippen LogP contribution in [0.2, 0.25) is 0 Å². The summed E-state index contributed by atoms with van der Waals surface area (Å²) in [6, 6.07) is 0. The third-order valence-electron chi connectivity index (χ3n) is 4.02. The molecule has 1 rings (SSSR count). The van der Waals surface area contributed by atoms with E-state index in [-0.39, 0.29) is 28.3 Å². The highest BCUT2D eigenvalue weighted by Gasteiger charge is 2.41. The maximum atomic E-state index is 12.7. The van der Waals surface area contributed by atoms with Gasteiger partial charge in [-0.25, -0.2) is 0 Å². The molecule has 0 aromatic heterocycles. The highest BCUT2D eigenvalue weighted by molar-refractivity contribution is 6.12. The molecule has 0 saturated carbocycles. The fourth-order valence-electron chi connectivity index (χ4n) is 2.93. The molecule has 0 aromatic carbocycles. The molecule has 0 aromatic rings. The Morgan fingerprint density at radius 3 is 1.74 bits per heavy atom. The Morgan fingerprint density at radius 1 is 0.895 bits per heavy atom. The Hall–Kier alpha value is -0.920. The van der Waals surface area contributed by atoms with Gasteiger partial charge in [0.1, 0.15) is 5.78 Å². The van der Waals surface area contributed by atoms with Gasteiger partial charge in [-0.3, -0.25) is 9.59 Å². The largest absolute Gasteiger partial charge is 0.299 e. The van der Waals surface area contributed by atoms with E-state index in [0.717, 1.165) is 11.1 Å². The van der Waals surface area contributed by atoms with Crippen LogP contribution in [0.4, 0.5) is 0 Å². The summed E-state index contributed by atoms with van der Waals surface area (Å²) < 4.78 is 0. The standard InChI is InChI=1S/C17H28O2/c1-10-9-12(16(3,4)5)13(17(6,7)8)15(19)11(2)14(10)18/h10-11H,9H2,1-8H3. The lowest BCUT2D eigenvalue weighted by atomic mass is 9.71. The number of allylic oxidation sites excluding steroid dienone is 2. The first-order valence-electron chi connectivity index (χ1n) is 7.19. The first kappa shape index (κ1) is 16.1. The summed E-state index contributed by atoms with van der Waals surface area (Å²) in [6.45, 7) is 16.3. The van der Waals surface area contributed by atoms with E-state index in [0.29, 0.717) is 6.42 Å². The molecule has 2 atom stereocenters. The molecule has 0 N–H and O–H groups in total. The molecule has 0 heterocycles. The zero-order chi connectivity index (χ0) is 15.2. The van der Waals surface area contributed by atoms with Gasteiger partial charge in [0, 0.05) is 11.5 Å². The van der Waals surface area contributed by atoms with E-state index in [1.807, 2.05) is 6.92 Å². The first-order chi connectivity index (χ1) is 8.37. The molecule has 0 saturated heterocycles. The van der Waals surface area contributed by atoms with Crippen LogP contribution in [-0.4, -0.2) is 11.6 Å². The minimum Gasteiger partial charge on any atom is -0.299 e. The van der Waals surface area contributed by atoms with E-state index in [1.165, 1.54) is 0 Å². The summed E-state index contributed by atoms with van der Waals surface area (Å²) in [5, 5.41) is 0.